The first-order valence-electron chi connectivity index (χ1n) is 7.09. The van der Waals surface area contributed by atoms with Crippen molar-refractivity contribution in [1.82, 2.24) is 4.90 Å². The maximum Gasteiger partial charge on any atom is 0.411 e. The molecule has 2 rings (SSSR count). The molecule has 0 aliphatic carbocycles. The summed E-state index contributed by atoms with van der Waals surface area (Å²) in [4.78, 5) is 25.0. The monoisotopic (exact) mass is 330 g/mol. The maximum atomic E-state index is 12.5. The Labute approximate surface area is 131 Å². The second-order valence-electron chi connectivity index (χ2n) is 5.39. The molecule has 1 aliphatic heterocycles. The lowest BCUT2D eigenvalue weighted by atomic mass is 10.1. The molecule has 2 atom stereocenters. The van der Waals surface area contributed by atoms with E-state index >= 15 is 0 Å². The van der Waals surface area contributed by atoms with Crippen molar-refractivity contribution in [3.8, 4) is 0 Å². The number of carbonyl (C=O) groups excluding carboxylic acids is 2. The van der Waals surface area contributed by atoms with Gasteiger partial charge in [-0.25, -0.2) is 0 Å². The molecule has 0 saturated carbocycles. The predicted octanol–water partition coefficient (Wildman–Crippen LogP) is 1.64. The number of hydrogen-bond acceptors (Lipinski definition) is 3. The Bertz CT molecular complexity index is 563. The van der Waals surface area contributed by atoms with Crippen LogP contribution in [-0.2, 0) is 14.3 Å². The Morgan fingerprint density at radius 2 is 1.96 bits per heavy atom. The normalized spacial score (nSPS) is 19.6. The number of carbonyl (C=O) groups is 2. The first-order valence-corrected chi connectivity index (χ1v) is 7.09. The fraction of sp³-hybridized carbons (Fsp3) is 0.467. The minimum Gasteiger partial charge on any atom is -0.369 e. The highest BCUT2D eigenvalue weighted by Gasteiger charge is 2.37. The summed E-state index contributed by atoms with van der Waals surface area (Å²) in [5, 5.41) is 0. The van der Waals surface area contributed by atoms with Gasteiger partial charge in [0.05, 0.1) is 5.92 Å². The highest BCUT2D eigenvalue weighted by atomic mass is 19.4. The van der Waals surface area contributed by atoms with Crippen molar-refractivity contribution < 1.29 is 27.5 Å². The Balaban J connectivity index is 2.13. The van der Waals surface area contributed by atoms with Crippen LogP contribution in [0.15, 0.2) is 30.3 Å². The number of hydrogen-bond donors (Lipinski definition) is 1. The molecule has 2 N–H and O–H groups in total. The van der Waals surface area contributed by atoms with Gasteiger partial charge in [-0.05, 0) is 12.0 Å². The van der Waals surface area contributed by atoms with Gasteiger partial charge in [-0.2, -0.15) is 13.2 Å². The average Bonchev–Trinajstić information content (AvgIpc) is 2.97. The average molecular weight is 330 g/mol. The number of primary amides is 1. The van der Waals surface area contributed by atoms with Crippen LogP contribution in [0, 0.1) is 5.92 Å². The predicted molar refractivity (Wildman–Crippen MR) is 75.1 cm³/mol. The van der Waals surface area contributed by atoms with Crippen LogP contribution in [0.1, 0.15) is 18.1 Å². The second kappa shape index (κ2) is 6.99. The van der Waals surface area contributed by atoms with E-state index in [4.69, 9.17) is 10.5 Å². The van der Waals surface area contributed by atoms with Crippen molar-refractivity contribution in [2.24, 2.45) is 11.7 Å². The van der Waals surface area contributed by atoms with Crippen molar-refractivity contribution in [2.75, 3.05) is 19.7 Å². The van der Waals surface area contributed by atoms with E-state index < -0.39 is 36.6 Å². The molecule has 2 amide bonds. The van der Waals surface area contributed by atoms with Crippen LogP contribution >= 0.6 is 0 Å². The maximum absolute atomic E-state index is 12.5. The van der Waals surface area contributed by atoms with E-state index in [1.807, 2.05) is 0 Å². The number of alkyl halides is 3. The minimum atomic E-state index is -4.53. The number of likely N-dealkylation sites (tertiary alicyclic amines) is 1. The molecule has 1 aromatic carbocycles. The summed E-state index contributed by atoms with van der Waals surface area (Å²) in [6.45, 7) is -1.15. The van der Waals surface area contributed by atoms with E-state index in [0.29, 0.717) is 12.0 Å². The molecule has 1 fully saturated rings. The van der Waals surface area contributed by atoms with Gasteiger partial charge >= 0.3 is 6.18 Å². The summed E-state index contributed by atoms with van der Waals surface area (Å²) in [6, 6.07) is 7.97. The fourth-order valence-electron chi connectivity index (χ4n) is 2.47. The summed E-state index contributed by atoms with van der Waals surface area (Å²) in [7, 11) is 0. The van der Waals surface area contributed by atoms with Crippen LogP contribution in [0.25, 0.3) is 0 Å². The van der Waals surface area contributed by atoms with Gasteiger partial charge in [-0.1, -0.05) is 30.3 Å². The van der Waals surface area contributed by atoms with E-state index in [9.17, 15) is 22.8 Å². The van der Waals surface area contributed by atoms with E-state index in [1.165, 1.54) is 17.0 Å². The molecule has 0 bridgehead atoms. The third-order valence-corrected chi connectivity index (χ3v) is 3.64. The molecule has 0 unspecified atom stereocenters. The number of nitrogens with two attached hydrogens (primary N) is 1. The highest BCUT2D eigenvalue weighted by Crippen LogP contribution is 2.27. The van der Waals surface area contributed by atoms with Gasteiger partial charge in [-0.15, -0.1) is 0 Å². The Hall–Kier alpha value is -2.09. The third-order valence-electron chi connectivity index (χ3n) is 3.64. The summed E-state index contributed by atoms with van der Waals surface area (Å²) in [5.74, 6) is -1.59. The topological polar surface area (TPSA) is 72.6 Å². The van der Waals surface area contributed by atoms with Crippen LogP contribution in [0.2, 0.25) is 0 Å². The summed E-state index contributed by atoms with van der Waals surface area (Å²) in [5.41, 5.74) is 5.54. The highest BCUT2D eigenvalue weighted by molar-refractivity contribution is 5.84. The van der Waals surface area contributed by atoms with Crippen molar-refractivity contribution >= 4 is 11.8 Å². The first kappa shape index (κ1) is 17.3. The quantitative estimate of drug-likeness (QED) is 0.892. The van der Waals surface area contributed by atoms with Crippen molar-refractivity contribution in [2.45, 2.75) is 18.7 Å². The molecule has 8 heteroatoms. The van der Waals surface area contributed by atoms with Gasteiger partial charge in [0.15, 0.2) is 6.10 Å². The molecule has 1 saturated heterocycles. The van der Waals surface area contributed by atoms with Gasteiger partial charge in [0.2, 0.25) is 5.91 Å². The Morgan fingerprint density at radius 1 is 1.30 bits per heavy atom. The molecule has 1 aliphatic rings. The van der Waals surface area contributed by atoms with E-state index in [2.05, 4.69) is 0 Å². The molecule has 5 nitrogen and oxygen atoms in total. The number of halogens is 3. The molecule has 0 radical (unpaired) electrons. The van der Waals surface area contributed by atoms with Crippen LogP contribution in [0.5, 0.6) is 0 Å². The molecule has 1 heterocycles. The zero-order valence-corrected chi connectivity index (χ0v) is 12.3. The lowest BCUT2D eigenvalue weighted by Gasteiger charge is -2.24. The van der Waals surface area contributed by atoms with Crippen LogP contribution in [0.4, 0.5) is 13.2 Å². The van der Waals surface area contributed by atoms with Crippen LogP contribution < -0.4 is 5.73 Å². The zero-order chi connectivity index (χ0) is 17.0. The summed E-state index contributed by atoms with van der Waals surface area (Å²) < 4.78 is 42.1. The van der Waals surface area contributed by atoms with Gasteiger partial charge in [-0.3, -0.25) is 9.59 Å². The number of rotatable bonds is 5. The largest absolute Gasteiger partial charge is 0.411 e. The van der Waals surface area contributed by atoms with Crippen LogP contribution in [0.3, 0.4) is 0 Å². The number of amides is 2. The number of benzene rings is 1. The molecule has 0 spiro atoms. The van der Waals surface area contributed by atoms with Gasteiger partial charge in [0, 0.05) is 13.1 Å². The Morgan fingerprint density at radius 3 is 2.48 bits per heavy atom. The van der Waals surface area contributed by atoms with Crippen molar-refractivity contribution in [1.29, 1.82) is 0 Å². The molecule has 23 heavy (non-hydrogen) atoms. The zero-order valence-electron chi connectivity index (χ0n) is 12.3. The fourth-order valence-corrected chi connectivity index (χ4v) is 2.47. The molecule has 0 aromatic heterocycles. The number of ether oxygens (including phenoxy) is 1. The Kier molecular flexibility index (Phi) is 5.25. The van der Waals surface area contributed by atoms with Gasteiger partial charge in [0.25, 0.3) is 5.91 Å². The summed E-state index contributed by atoms with van der Waals surface area (Å²) in [6.07, 6.45) is -5.49. The van der Waals surface area contributed by atoms with Crippen molar-refractivity contribution in [3.05, 3.63) is 35.9 Å². The minimum absolute atomic E-state index is 0.104. The lowest BCUT2D eigenvalue weighted by Crippen LogP contribution is -2.37. The third kappa shape index (κ3) is 4.69. The summed E-state index contributed by atoms with van der Waals surface area (Å²) >= 11 is 0. The second-order valence-corrected chi connectivity index (χ2v) is 5.39. The van der Waals surface area contributed by atoms with Gasteiger partial charge in [0.1, 0.15) is 6.61 Å². The number of nitrogens with zero attached hydrogens (tertiary/aromatic N) is 1. The van der Waals surface area contributed by atoms with Gasteiger partial charge < -0.3 is 15.4 Å². The van der Waals surface area contributed by atoms with E-state index in [0.717, 1.165) is 0 Å². The molecular weight excluding hydrogens is 313 g/mol. The van der Waals surface area contributed by atoms with E-state index in [1.54, 1.807) is 18.2 Å². The van der Waals surface area contributed by atoms with Crippen LogP contribution in [-0.4, -0.2) is 42.6 Å². The molecule has 126 valence electrons. The van der Waals surface area contributed by atoms with E-state index in [-0.39, 0.29) is 13.1 Å². The SMILES string of the molecule is NC(=O)[C@@H]1CCN(C(=O)[C@@H](OCC(F)(F)F)c2ccccc2)C1. The smallest absolute Gasteiger partial charge is 0.369 e. The first-order chi connectivity index (χ1) is 10.8. The molecule has 1 aromatic rings. The van der Waals surface area contributed by atoms with Crippen molar-refractivity contribution in [3.63, 3.8) is 0 Å². The molecular formula is C15H17F3N2O3. The standard InChI is InChI=1S/C15H17F3N2O3/c16-15(17,18)9-23-12(10-4-2-1-3-5-10)14(22)20-7-6-11(8-20)13(19)21/h1-5,11-12H,6-9H2,(H2,19,21)/t11-,12+/m1/s1. The lowest BCUT2D eigenvalue weighted by molar-refractivity contribution is -0.191.